The summed E-state index contributed by atoms with van der Waals surface area (Å²) in [6.45, 7) is 14.7. The average Bonchev–Trinajstić information content (AvgIpc) is 3.35. The van der Waals surface area contributed by atoms with Crippen molar-refractivity contribution in [1.29, 1.82) is 0 Å². The average molecular weight is 665 g/mol. The van der Waals surface area contributed by atoms with E-state index in [2.05, 4.69) is 25.3 Å². The van der Waals surface area contributed by atoms with E-state index < -0.39 is 29.2 Å². The lowest BCUT2D eigenvalue weighted by atomic mass is 9.97. The molecule has 2 amide bonds. The summed E-state index contributed by atoms with van der Waals surface area (Å²) in [6.07, 6.45) is 3.27. The molecule has 4 aromatic rings. The number of hydrogen-bond acceptors (Lipinski definition) is 11. The number of halogens is 1. The van der Waals surface area contributed by atoms with Gasteiger partial charge in [0.2, 0.25) is 0 Å². The smallest absolute Gasteiger partial charge is 0.414 e. The summed E-state index contributed by atoms with van der Waals surface area (Å²) in [5.74, 6) is 0.384. The van der Waals surface area contributed by atoms with Crippen LogP contribution in [-0.2, 0) is 9.47 Å². The number of nitrogens with one attached hydrogen (secondary N) is 2. The molecule has 0 saturated carbocycles. The van der Waals surface area contributed by atoms with Crippen LogP contribution in [0.3, 0.4) is 0 Å². The maximum absolute atomic E-state index is 15.7. The Morgan fingerprint density at radius 2 is 1.75 bits per heavy atom. The fourth-order valence-electron chi connectivity index (χ4n) is 5.60. The lowest BCUT2D eigenvalue weighted by Gasteiger charge is -2.39. The molecular formula is C33H41FN8O6. The monoisotopic (exact) mass is 664 g/mol. The van der Waals surface area contributed by atoms with E-state index in [1.165, 1.54) is 24.3 Å². The number of aromatic nitrogens is 5. The Balaban J connectivity index is 1.64. The van der Waals surface area contributed by atoms with Gasteiger partial charge in [0, 0.05) is 37.1 Å². The van der Waals surface area contributed by atoms with E-state index in [9.17, 15) is 14.4 Å². The van der Waals surface area contributed by atoms with Gasteiger partial charge in [0.05, 0.1) is 34.5 Å². The molecule has 0 spiro atoms. The second-order valence-corrected chi connectivity index (χ2v) is 13.9. The summed E-state index contributed by atoms with van der Waals surface area (Å²) in [4.78, 5) is 62.1. The Bertz CT molecular complexity index is 1870. The van der Waals surface area contributed by atoms with Gasteiger partial charge in [-0.3, -0.25) is 9.69 Å². The molecule has 0 aliphatic carbocycles. The molecule has 1 aliphatic rings. The SMILES string of the molecule is Cc1ncc(Oc2nc(N3CCC(NC(=O)OC(C)(C)C)CC3C)c3c(n2)[nH]c2c(N(C)C(=O)OC(C)(C)C)cc(F)c(C=O)c23)cn1. The quantitative estimate of drug-likeness (QED) is 0.225. The Morgan fingerprint density at radius 1 is 1.08 bits per heavy atom. The van der Waals surface area contributed by atoms with Crippen LogP contribution in [0.1, 0.15) is 77.5 Å². The van der Waals surface area contributed by atoms with E-state index >= 15 is 4.39 Å². The van der Waals surface area contributed by atoms with Crippen molar-refractivity contribution in [3.05, 3.63) is 35.7 Å². The fourth-order valence-corrected chi connectivity index (χ4v) is 5.60. The number of aldehydes is 1. The highest BCUT2D eigenvalue weighted by atomic mass is 19.1. The number of aromatic amines is 1. The molecule has 3 aromatic heterocycles. The molecule has 1 fully saturated rings. The molecule has 2 N–H and O–H groups in total. The zero-order valence-electron chi connectivity index (χ0n) is 28.6. The Morgan fingerprint density at radius 3 is 2.35 bits per heavy atom. The van der Waals surface area contributed by atoms with Gasteiger partial charge >= 0.3 is 18.2 Å². The van der Waals surface area contributed by atoms with Crippen LogP contribution >= 0.6 is 0 Å². The molecule has 4 heterocycles. The first kappa shape index (κ1) is 34.3. The van der Waals surface area contributed by atoms with Gasteiger partial charge in [-0.15, -0.1) is 0 Å². The number of fused-ring (bicyclic) bond motifs is 3. The van der Waals surface area contributed by atoms with Crippen LogP contribution < -0.4 is 19.9 Å². The van der Waals surface area contributed by atoms with E-state index in [4.69, 9.17) is 19.2 Å². The second kappa shape index (κ2) is 12.8. The van der Waals surface area contributed by atoms with E-state index in [0.717, 1.165) is 6.07 Å². The first-order chi connectivity index (χ1) is 22.4. The van der Waals surface area contributed by atoms with Crippen molar-refractivity contribution in [3.8, 4) is 11.8 Å². The van der Waals surface area contributed by atoms with Crippen LogP contribution in [0.15, 0.2) is 18.5 Å². The molecule has 14 nitrogen and oxygen atoms in total. The number of anilines is 2. The van der Waals surface area contributed by atoms with Gasteiger partial charge in [0.25, 0.3) is 0 Å². The largest absolute Gasteiger partial charge is 0.444 e. The van der Waals surface area contributed by atoms with Gasteiger partial charge in [-0.05, 0) is 68.2 Å². The van der Waals surface area contributed by atoms with Crippen LogP contribution in [0.5, 0.6) is 11.8 Å². The van der Waals surface area contributed by atoms with Crippen molar-refractivity contribution in [2.45, 2.75) is 91.5 Å². The molecule has 2 atom stereocenters. The highest BCUT2D eigenvalue weighted by Gasteiger charge is 2.33. The lowest BCUT2D eigenvalue weighted by Crippen LogP contribution is -2.50. The van der Waals surface area contributed by atoms with Crippen LogP contribution in [0, 0.1) is 12.7 Å². The first-order valence-electron chi connectivity index (χ1n) is 15.6. The van der Waals surface area contributed by atoms with Crippen molar-refractivity contribution in [2.75, 3.05) is 23.4 Å². The van der Waals surface area contributed by atoms with Gasteiger partial charge in [-0.1, -0.05) is 0 Å². The van der Waals surface area contributed by atoms with Crippen LogP contribution in [0.4, 0.5) is 25.5 Å². The van der Waals surface area contributed by atoms with Crippen molar-refractivity contribution >= 4 is 51.9 Å². The summed E-state index contributed by atoms with van der Waals surface area (Å²) < 4.78 is 32.7. The zero-order chi connectivity index (χ0) is 35.1. The minimum absolute atomic E-state index is 0.0483. The van der Waals surface area contributed by atoms with Gasteiger partial charge in [0.1, 0.15) is 34.3 Å². The molecule has 1 saturated heterocycles. The maximum atomic E-state index is 15.7. The summed E-state index contributed by atoms with van der Waals surface area (Å²) in [5.41, 5.74) is -1.02. The predicted octanol–water partition coefficient (Wildman–Crippen LogP) is 6.21. The van der Waals surface area contributed by atoms with E-state index in [0.29, 0.717) is 48.5 Å². The molecule has 1 aliphatic heterocycles. The van der Waals surface area contributed by atoms with Crippen molar-refractivity contribution < 1.29 is 33.0 Å². The third kappa shape index (κ3) is 7.39. The van der Waals surface area contributed by atoms with Gasteiger partial charge < -0.3 is 29.4 Å². The standard InChI is InChI=1S/C33H41FN8O6/c1-17-12-19(37-30(44)47-32(3,4)5)10-11-42(17)28-25-24-21(16-43)22(34)13-23(41(9)31(45)48-33(6,7)8)26(24)38-27(25)39-29(40-28)46-20-14-35-18(2)36-15-20/h13-17,19H,10-12H2,1-9H3,(H,37,44)(H,38,39,40). The lowest BCUT2D eigenvalue weighted by molar-refractivity contribution is 0.0492. The number of carbonyl (C=O) groups is 3. The molecule has 256 valence electrons. The first-order valence-corrected chi connectivity index (χ1v) is 15.6. The molecule has 15 heteroatoms. The van der Waals surface area contributed by atoms with Crippen molar-refractivity contribution in [2.24, 2.45) is 0 Å². The van der Waals surface area contributed by atoms with E-state index in [-0.39, 0.29) is 45.9 Å². The summed E-state index contributed by atoms with van der Waals surface area (Å²) >= 11 is 0. The van der Waals surface area contributed by atoms with Crippen LogP contribution in [0.2, 0.25) is 0 Å². The van der Waals surface area contributed by atoms with Gasteiger partial charge in [-0.25, -0.2) is 23.9 Å². The zero-order valence-corrected chi connectivity index (χ0v) is 28.6. The molecule has 48 heavy (non-hydrogen) atoms. The predicted molar refractivity (Wildman–Crippen MR) is 177 cm³/mol. The normalized spacial score (nSPS) is 16.9. The molecule has 2 unspecified atom stereocenters. The number of carbonyl (C=O) groups excluding carboxylic acids is 3. The number of H-pyrrole nitrogens is 1. The number of nitrogens with zero attached hydrogens (tertiary/aromatic N) is 6. The minimum Gasteiger partial charge on any atom is -0.444 e. The molecule has 0 radical (unpaired) electrons. The third-order valence-electron chi connectivity index (χ3n) is 7.64. The highest BCUT2D eigenvalue weighted by molar-refractivity contribution is 6.21. The number of benzene rings is 1. The molecule has 5 rings (SSSR count). The summed E-state index contributed by atoms with van der Waals surface area (Å²) in [6, 6.07) is 0.696. The van der Waals surface area contributed by atoms with Crippen molar-refractivity contribution in [3.63, 3.8) is 0 Å². The summed E-state index contributed by atoms with van der Waals surface area (Å²) in [5, 5.41) is 3.51. The van der Waals surface area contributed by atoms with Crippen LogP contribution in [-0.4, -0.2) is 80.3 Å². The number of piperidine rings is 1. The third-order valence-corrected chi connectivity index (χ3v) is 7.64. The van der Waals surface area contributed by atoms with E-state index in [1.807, 2.05) is 11.8 Å². The number of alkyl carbamates (subject to hydrolysis) is 1. The molecule has 1 aromatic carbocycles. The number of aryl methyl sites for hydroxylation is 1. The number of ether oxygens (including phenoxy) is 3. The van der Waals surface area contributed by atoms with Crippen molar-refractivity contribution in [1.82, 2.24) is 30.2 Å². The maximum Gasteiger partial charge on any atom is 0.414 e. The highest BCUT2D eigenvalue weighted by Crippen LogP contribution is 2.41. The van der Waals surface area contributed by atoms with E-state index in [1.54, 1.807) is 48.5 Å². The van der Waals surface area contributed by atoms with Gasteiger partial charge in [-0.2, -0.15) is 9.97 Å². The number of hydrogen-bond donors (Lipinski definition) is 2. The minimum atomic E-state index is -0.833. The van der Waals surface area contributed by atoms with Gasteiger partial charge in [0.15, 0.2) is 12.0 Å². The molecular weight excluding hydrogens is 623 g/mol. The Hall–Kier alpha value is -5.08. The Kier molecular flexibility index (Phi) is 9.17. The Labute approximate surface area is 277 Å². The van der Waals surface area contributed by atoms with Crippen LogP contribution in [0.25, 0.3) is 21.9 Å². The summed E-state index contributed by atoms with van der Waals surface area (Å²) in [7, 11) is 1.46. The fraction of sp³-hybridized carbons (Fsp3) is 0.485. The molecule has 0 bridgehead atoms. The second-order valence-electron chi connectivity index (χ2n) is 13.9. The topological polar surface area (TPSA) is 165 Å². The number of rotatable bonds is 6. The number of amides is 2.